The van der Waals surface area contributed by atoms with E-state index in [0.717, 1.165) is 17.1 Å². The molecule has 0 aliphatic heterocycles. The van der Waals surface area contributed by atoms with Gasteiger partial charge in [0.2, 0.25) is 0 Å². The standard InChI is InChI=1S/C49H37N/c1-49(2)44-25-15-14-24-43(44)47-46(45(36-18-8-4-9-19-36)41-22-12-13-23-42(41)48(47)49)37-28-32-40(33-29-37)50(38-20-10-5-11-21-38)39-30-26-35(27-31-39)34-16-6-3-7-17-34/h3-33H,1-2H3. The second-order valence-corrected chi connectivity index (χ2v) is 13.7. The third-order valence-corrected chi connectivity index (χ3v) is 10.4. The summed E-state index contributed by atoms with van der Waals surface area (Å²) in [5.41, 5.74) is 16.2. The van der Waals surface area contributed by atoms with E-state index < -0.39 is 0 Å². The fraction of sp³-hybridized carbons (Fsp3) is 0.0612. The second kappa shape index (κ2) is 12.1. The van der Waals surface area contributed by atoms with Crippen molar-refractivity contribution < 1.29 is 0 Å². The Balaban J connectivity index is 1.25. The molecule has 0 radical (unpaired) electrons. The molecule has 0 N–H and O–H groups in total. The van der Waals surface area contributed by atoms with E-state index in [2.05, 4.69) is 207 Å². The fourth-order valence-electron chi connectivity index (χ4n) is 8.17. The van der Waals surface area contributed by atoms with Gasteiger partial charge in [-0.1, -0.05) is 166 Å². The minimum atomic E-state index is -0.133. The van der Waals surface area contributed by atoms with E-state index in [1.165, 1.54) is 66.4 Å². The van der Waals surface area contributed by atoms with Crippen LogP contribution in [0.25, 0.3) is 55.3 Å². The van der Waals surface area contributed by atoms with E-state index in [0.29, 0.717) is 0 Å². The third-order valence-electron chi connectivity index (χ3n) is 10.4. The number of rotatable bonds is 6. The Bertz CT molecular complexity index is 2460. The quantitative estimate of drug-likeness (QED) is 0.175. The van der Waals surface area contributed by atoms with Crippen molar-refractivity contribution in [2.75, 3.05) is 4.90 Å². The lowest BCUT2D eigenvalue weighted by Gasteiger charge is -2.27. The normalized spacial score (nSPS) is 12.8. The van der Waals surface area contributed by atoms with Crippen LogP contribution >= 0.6 is 0 Å². The van der Waals surface area contributed by atoms with Crippen LogP contribution in [0.1, 0.15) is 25.0 Å². The van der Waals surface area contributed by atoms with Gasteiger partial charge in [0, 0.05) is 22.5 Å². The summed E-state index contributed by atoms with van der Waals surface area (Å²) in [7, 11) is 0. The number of para-hydroxylation sites is 1. The van der Waals surface area contributed by atoms with Gasteiger partial charge < -0.3 is 4.90 Å². The Labute approximate surface area is 294 Å². The van der Waals surface area contributed by atoms with Gasteiger partial charge in [-0.3, -0.25) is 0 Å². The zero-order chi connectivity index (χ0) is 33.7. The fourth-order valence-corrected chi connectivity index (χ4v) is 8.17. The molecule has 0 spiro atoms. The van der Waals surface area contributed by atoms with Crippen molar-refractivity contribution in [2.45, 2.75) is 19.3 Å². The highest BCUT2D eigenvalue weighted by atomic mass is 15.1. The molecule has 1 aliphatic rings. The van der Waals surface area contributed by atoms with Crippen molar-refractivity contribution in [2.24, 2.45) is 0 Å². The number of anilines is 3. The van der Waals surface area contributed by atoms with Crippen LogP contribution in [0.4, 0.5) is 17.1 Å². The van der Waals surface area contributed by atoms with Crippen molar-refractivity contribution in [1.29, 1.82) is 0 Å². The molecule has 0 heterocycles. The molecule has 0 unspecified atom stereocenters. The van der Waals surface area contributed by atoms with E-state index in [1.54, 1.807) is 0 Å². The summed E-state index contributed by atoms with van der Waals surface area (Å²) in [6.07, 6.45) is 0. The van der Waals surface area contributed by atoms with Crippen molar-refractivity contribution in [3.8, 4) is 44.5 Å². The molecule has 238 valence electrons. The lowest BCUT2D eigenvalue weighted by atomic mass is 9.77. The molecule has 0 atom stereocenters. The van der Waals surface area contributed by atoms with E-state index in [1.807, 2.05) is 0 Å². The van der Waals surface area contributed by atoms with Gasteiger partial charge in [0.25, 0.3) is 0 Å². The Morgan fingerprint density at radius 1 is 0.340 bits per heavy atom. The van der Waals surface area contributed by atoms with E-state index in [9.17, 15) is 0 Å². The van der Waals surface area contributed by atoms with Crippen molar-refractivity contribution in [3.63, 3.8) is 0 Å². The second-order valence-electron chi connectivity index (χ2n) is 13.7. The summed E-state index contributed by atoms with van der Waals surface area (Å²) >= 11 is 0. The molecule has 0 saturated heterocycles. The van der Waals surface area contributed by atoms with E-state index in [4.69, 9.17) is 0 Å². The monoisotopic (exact) mass is 639 g/mol. The number of hydrogen-bond acceptors (Lipinski definition) is 1. The molecule has 50 heavy (non-hydrogen) atoms. The van der Waals surface area contributed by atoms with Gasteiger partial charge in [-0.05, 0) is 103 Å². The maximum atomic E-state index is 2.39. The predicted molar refractivity (Wildman–Crippen MR) is 213 cm³/mol. The van der Waals surface area contributed by atoms with Gasteiger partial charge in [0.15, 0.2) is 0 Å². The Hall–Kier alpha value is -6.18. The van der Waals surface area contributed by atoms with Crippen LogP contribution in [0, 0.1) is 0 Å². The number of nitrogens with zero attached hydrogens (tertiary/aromatic N) is 1. The lowest BCUT2D eigenvalue weighted by molar-refractivity contribution is 0.666. The van der Waals surface area contributed by atoms with Crippen LogP contribution in [0.15, 0.2) is 188 Å². The Kier molecular flexibility index (Phi) is 7.21. The summed E-state index contributed by atoms with van der Waals surface area (Å²) in [4.78, 5) is 2.35. The largest absolute Gasteiger partial charge is 0.311 e. The smallest absolute Gasteiger partial charge is 0.0462 e. The molecule has 0 bridgehead atoms. The highest BCUT2D eigenvalue weighted by molar-refractivity contribution is 6.14. The number of hydrogen-bond donors (Lipinski definition) is 0. The molecular formula is C49H37N. The first-order valence-corrected chi connectivity index (χ1v) is 17.5. The minimum Gasteiger partial charge on any atom is -0.311 e. The number of fused-ring (bicyclic) bond motifs is 5. The lowest BCUT2D eigenvalue weighted by Crippen LogP contribution is -2.15. The molecule has 0 aromatic heterocycles. The van der Waals surface area contributed by atoms with Crippen LogP contribution < -0.4 is 4.90 Å². The summed E-state index contributed by atoms with van der Waals surface area (Å²) in [6.45, 7) is 4.78. The molecule has 0 fully saturated rings. The Morgan fingerprint density at radius 3 is 1.42 bits per heavy atom. The zero-order valence-electron chi connectivity index (χ0n) is 28.3. The van der Waals surface area contributed by atoms with Crippen LogP contribution in [-0.4, -0.2) is 0 Å². The Morgan fingerprint density at radius 2 is 0.780 bits per heavy atom. The molecule has 1 nitrogen and oxygen atoms in total. The third kappa shape index (κ3) is 4.85. The topological polar surface area (TPSA) is 3.24 Å². The van der Waals surface area contributed by atoms with Gasteiger partial charge in [-0.25, -0.2) is 0 Å². The molecule has 1 heteroatoms. The predicted octanol–water partition coefficient (Wildman–Crippen LogP) is 13.6. The average molecular weight is 640 g/mol. The molecule has 8 aromatic rings. The van der Waals surface area contributed by atoms with Gasteiger partial charge in [-0.2, -0.15) is 0 Å². The van der Waals surface area contributed by atoms with Crippen LogP contribution in [0.3, 0.4) is 0 Å². The molecule has 1 aliphatic carbocycles. The number of benzene rings is 8. The van der Waals surface area contributed by atoms with Crippen molar-refractivity contribution in [1.82, 2.24) is 0 Å². The highest BCUT2D eigenvalue weighted by Crippen LogP contribution is 2.58. The van der Waals surface area contributed by atoms with Gasteiger partial charge in [-0.15, -0.1) is 0 Å². The molecule has 9 rings (SSSR count). The summed E-state index contributed by atoms with van der Waals surface area (Å²) < 4.78 is 0. The van der Waals surface area contributed by atoms with Crippen molar-refractivity contribution in [3.05, 3.63) is 199 Å². The van der Waals surface area contributed by atoms with Crippen LogP contribution in [0.5, 0.6) is 0 Å². The van der Waals surface area contributed by atoms with E-state index >= 15 is 0 Å². The molecular weight excluding hydrogens is 603 g/mol. The van der Waals surface area contributed by atoms with Crippen LogP contribution in [-0.2, 0) is 5.41 Å². The maximum absolute atomic E-state index is 2.39. The average Bonchev–Trinajstić information content (AvgIpc) is 3.42. The maximum Gasteiger partial charge on any atom is 0.0462 e. The molecule has 0 saturated carbocycles. The summed E-state index contributed by atoms with van der Waals surface area (Å²) in [5.74, 6) is 0. The van der Waals surface area contributed by atoms with Crippen molar-refractivity contribution >= 4 is 27.8 Å². The first-order valence-electron chi connectivity index (χ1n) is 17.5. The van der Waals surface area contributed by atoms with Gasteiger partial charge in [0.1, 0.15) is 0 Å². The highest BCUT2D eigenvalue weighted by Gasteiger charge is 2.39. The first-order chi connectivity index (χ1) is 24.6. The zero-order valence-corrected chi connectivity index (χ0v) is 28.3. The summed E-state index contributed by atoms with van der Waals surface area (Å²) in [5, 5.41) is 2.62. The van der Waals surface area contributed by atoms with Gasteiger partial charge in [0.05, 0.1) is 0 Å². The molecule has 8 aromatic carbocycles. The van der Waals surface area contributed by atoms with E-state index in [-0.39, 0.29) is 5.41 Å². The summed E-state index contributed by atoms with van der Waals surface area (Å²) in [6, 6.07) is 68.3. The minimum absolute atomic E-state index is 0.133. The molecule has 0 amide bonds. The SMILES string of the molecule is CC1(C)c2ccccc2-c2c(-c3ccc(N(c4ccccc4)c4ccc(-c5ccccc5)cc4)cc3)c(-c3ccccc3)c3ccccc3c21. The van der Waals surface area contributed by atoms with Crippen LogP contribution in [0.2, 0.25) is 0 Å². The van der Waals surface area contributed by atoms with Gasteiger partial charge >= 0.3 is 0 Å². The first kappa shape index (κ1) is 29.9.